The van der Waals surface area contributed by atoms with Gasteiger partial charge in [-0.25, -0.2) is 8.42 Å². The van der Waals surface area contributed by atoms with Crippen molar-refractivity contribution in [3.8, 4) is 0 Å². The van der Waals surface area contributed by atoms with Gasteiger partial charge in [0.15, 0.2) is 0 Å². The van der Waals surface area contributed by atoms with Gasteiger partial charge in [0.25, 0.3) is 15.9 Å². The van der Waals surface area contributed by atoms with Crippen LogP contribution in [-0.2, 0) is 14.8 Å². The van der Waals surface area contributed by atoms with E-state index in [-0.39, 0.29) is 40.5 Å². The molecule has 0 aromatic heterocycles. The Labute approximate surface area is 194 Å². The Morgan fingerprint density at radius 1 is 1.16 bits per heavy atom. The summed E-state index contributed by atoms with van der Waals surface area (Å²) in [6.07, 6.45) is 1.46. The van der Waals surface area contributed by atoms with Crippen molar-refractivity contribution in [3.05, 3.63) is 71.8 Å². The molecule has 0 bridgehead atoms. The summed E-state index contributed by atoms with van der Waals surface area (Å²) in [6.45, 7) is 9.24. The van der Waals surface area contributed by atoms with Gasteiger partial charge in [0.2, 0.25) is 5.91 Å². The molecule has 0 heterocycles. The van der Waals surface area contributed by atoms with Crippen LogP contribution in [-0.4, -0.2) is 50.8 Å². The first-order chi connectivity index (χ1) is 15.1. The van der Waals surface area contributed by atoms with Crippen molar-refractivity contribution in [1.82, 2.24) is 10.2 Å². The molecule has 0 atom stereocenters. The molecule has 9 heteroatoms. The predicted molar refractivity (Wildman–Crippen MR) is 127 cm³/mol. The van der Waals surface area contributed by atoms with E-state index in [1.807, 2.05) is 13.8 Å². The van der Waals surface area contributed by atoms with E-state index in [0.717, 1.165) is 4.31 Å². The van der Waals surface area contributed by atoms with Gasteiger partial charge in [0, 0.05) is 18.2 Å². The Bertz CT molecular complexity index is 1090. The second-order valence-electron chi connectivity index (χ2n) is 7.35. The third-order valence-corrected chi connectivity index (χ3v) is 6.63. The minimum Gasteiger partial charge on any atom is -0.352 e. The molecule has 32 heavy (non-hydrogen) atoms. The van der Waals surface area contributed by atoms with Crippen LogP contribution in [0.5, 0.6) is 0 Å². The number of carbonyl (C=O) groups is 2. The Morgan fingerprint density at radius 3 is 2.44 bits per heavy atom. The van der Waals surface area contributed by atoms with Gasteiger partial charge in [-0.3, -0.25) is 13.9 Å². The lowest BCUT2D eigenvalue weighted by Gasteiger charge is -2.25. The van der Waals surface area contributed by atoms with Gasteiger partial charge >= 0.3 is 0 Å². The van der Waals surface area contributed by atoms with E-state index in [2.05, 4.69) is 11.9 Å². The fraction of sp³-hybridized carbons (Fsp3) is 0.304. The number of halogens is 1. The average molecular weight is 478 g/mol. The average Bonchev–Trinajstić information content (AvgIpc) is 2.75. The molecular weight excluding hydrogens is 450 g/mol. The molecule has 172 valence electrons. The van der Waals surface area contributed by atoms with Crippen molar-refractivity contribution >= 4 is 39.1 Å². The van der Waals surface area contributed by atoms with Gasteiger partial charge in [0.05, 0.1) is 28.7 Å². The van der Waals surface area contributed by atoms with Crippen LogP contribution in [0.15, 0.2) is 66.1 Å². The Hall–Kier alpha value is -2.84. The van der Waals surface area contributed by atoms with Gasteiger partial charge in [0.1, 0.15) is 0 Å². The SMILES string of the molecule is C=CCN(c1ccccc1Cl)S(=O)(=O)c1cccc(C(=O)N(CC)CC(=O)NC(C)C)c1. The van der Waals surface area contributed by atoms with Crippen LogP contribution in [0.2, 0.25) is 5.02 Å². The minimum absolute atomic E-state index is 0.000694. The third kappa shape index (κ3) is 6.11. The van der Waals surface area contributed by atoms with Crippen molar-refractivity contribution in [2.75, 3.05) is 23.9 Å². The number of likely N-dealkylation sites (N-methyl/N-ethyl adjacent to an activating group) is 1. The molecule has 0 saturated carbocycles. The lowest BCUT2D eigenvalue weighted by atomic mass is 10.2. The largest absolute Gasteiger partial charge is 0.352 e. The zero-order valence-corrected chi connectivity index (χ0v) is 20.0. The number of anilines is 1. The molecule has 7 nitrogen and oxygen atoms in total. The van der Waals surface area contributed by atoms with Crippen molar-refractivity contribution in [2.24, 2.45) is 0 Å². The van der Waals surface area contributed by atoms with Crippen LogP contribution >= 0.6 is 11.6 Å². The van der Waals surface area contributed by atoms with Crippen LogP contribution < -0.4 is 9.62 Å². The summed E-state index contributed by atoms with van der Waals surface area (Å²) < 4.78 is 28.0. The normalized spacial score (nSPS) is 11.2. The maximum Gasteiger partial charge on any atom is 0.264 e. The molecule has 0 aliphatic heterocycles. The van der Waals surface area contributed by atoms with Crippen molar-refractivity contribution < 1.29 is 18.0 Å². The first-order valence-electron chi connectivity index (χ1n) is 10.2. The first kappa shape index (κ1) is 25.4. The number of hydrogen-bond donors (Lipinski definition) is 1. The molecule has 0 fully saturated rings. The molecule has 2 aromatic carbocycles. The summed E-state index contributed by atoms with van der Waals surface area (Å²) in [7, 11) is -4.04. The Kier molecular flexibility index (Phi) is 8.86. The van der Waals surface area contributed by atoms with Crippen LogP contribution in [0, 0.1) is 0 Å². The molecule has 2 rings (SSSR count). The number of nitrogens with one attached hydrogen (secondary N) is 1. The number of amides is 2. The van der Waals surface area contributed by atoms with Crippen molar-refractivity contribution in [1.29, 1.82) is 0 Å². The highest BCUT2D eigenvalue weighted by molar-refractivity contribution is 7.92. The lowest BCUT2D eigenvalue weighted by Crippen LogP contribution is -2.42. The molecule has 0 saturated heterocycles. The van der Waals surface area contributed by atoms with Crippen LogP contribution in [0.3, 0.4) is 0 Å². The zero-order valence-electron chi connectivity index (χ0n) is 18.4. The van der Waals surface area contributed by atoms with E-state index in [4.69, 9.17) is 11.6 Å². The number of hydrogen-bond acceptors (Lipinski definition) is 4. The molecular formula is C23H28ClN3O4S. The standard InChI is InChI=1S/C23H28ClN3O4S/c1-5-14-27(21-13-8-7-12-20(21)24)32(30,31)19-11-9-10-18(15-19)23(29)26(6-2)16-22(28)25-17(3)4/h5,7-13,15,17H,1,6,14,16H2,2-4H3,(H,25,28). The Morgan fingerprint density at radius 2 is 1.84 bits per heavy atom. The van der Waals surface area contributed by atoms with Crippen LogP contribution in [0.1, 0.15) is 31.1 Å². The maximum absolute atomic E-state index is 13.4. The van der Waals surface area contributed by atoms with Crippen LogP contribution in [0.25, 0.3) is 0 Å². The van der Waals surface area contributed by atoms with Gasteiger partial charge in [-0.2, -0.15) is 0 Å². The topological polar surface area (TPSA) is 86.8 Å². The highest BCUT2D eigenvalue weighted by Gasteiger charge is 2.27. The molecule has 0 aliphatic rings. The predicted octanol–water partition coefficient (Wildman–Crippen LogP) is 3.71. The zero-order chi connectivity index (χ0) is 23.9. The van der Waals surface area contributed by atoms with E-state index >= 15 is 0 Å². The summed E-state index contributed by atoms with van der Waals surface area (Å²) in [6, 6.07) is 12.3. The van der Waals surface area contributed by atoms with Crippen molar-refractivity contribution in [3.63, 3.8) is 0 Å². The number of nitrogens with zero attached hydrogens (tertiary/aromatic N) is 2. The quantitative estimate of drug-likeness (QED) is 0.528. The van der Waals surface area contributed by atoms with Gasteiger partial charge in [-0.1, -0.05) is 35.9 Å². The second kappa shape index (κ2) is 11.2. The van der Waals surface area contributed by atoms with Gasteiger partial charge in [-0.05, 0) is 51.1 Å². The summed E-state index contributed by atoms with van der Waals surface area (Å²) in [4.78, 5) is 26.4. The number of benzene rings is 2. The first-order valence-corrected chi connectivity index (χ1v) is 12.0. The highest BCUT2D eigenvalue weighted by atomic mass is 35.5. The molecule has 0 spiro atoms. The van der Waals surface area contributed by atoms with E-state index in [9.17, 15) is 18.0 Å². The highest BCUT2D eigenvalue weighted by Crippen LogP contribution is 2.30. The van der Waals surface area contributed by atoms with Crippen LogP contribution in [0.4, 0.5) is 5.69 Å². The third-order valence-electron chi connectivity index (χ3n) is 4.54. The molecule has 1 N–H and O–H groups in total. The summed E-state index contributed by atoms with van der Waals surface area (Å²) >= 11 is 6.24. The Balaban J connectivity index is 2.39. The minimum atomic E-state index is -4.04. The molecule has 0 aliphatic carbocycles. The maximum atomic E-state index is 13.4. The summed E-state index contributed by atoms with van der Waals surface area (Å²) in [5.74, 6) is -0.716. The van der Waals surface area contributed by atoms with E-state index in [1.165, 1.54) is 35.2 Å². The van der Waals surface area contributed by atoms with Gasteiger partial charge in [-0.15, -0.1) is 6.58 Å². The number of sulfonamides is 1. The van der Waals surface area contributed by atoms with E-state index < -0.39 is 15.9 Å². The van der Waals surface area contributed by atoms with E-state index in [1.54, 1.807) is 31.2 Å². The second-order valence-corrected chi connectivity index (χ2v) is 9.62. The van der Waals surface area contributed by atoms with E-state index in [0.29, 0.717) is 12.2 Å². The summed E-state index contributed by atoms with van der Waals surface area (Å²) in [5.41, 5.74) is 0.481. The molecule has 0 unspecified atom stereocenters. The fourth-order valence-corrected chi connectivity index (χ4v) is 4.85. The molecule has 0 radical (unpaired) electrons. The molecule has 2 amide bonds. The monoisotopic (exact) mass is 477 g/mol. The number of rotatable bonds is 10. The van der Waals surface area contributed by atoms with Crippen molar-refractivity contribution in [2.45, 2.75) is 31.7 Å². The number of carbonyl (C=O) groups excluding carboxylic acids is 2. The smallest absolute Gasteiger partial charge is 0.264 e. The summed E-state index contributed by atoms with van der Waals surface area (Å²) in [5, 5.41) is 3.02. The number of para-hydroxylation sites is 1. The van der Waals surface area contributed by atoms with Gasteiger partial charge < -0.3 is 10.2 Å². The molecule has 2 aromatic rings. The fourth-order valence-electron chi connectivity index (χ4n) is 3.06. The lowest BCUT2D eigenvalue weighted by molar-refractivity contribution is -0.122.